The van der Waals surface area contributed by atoms with Crippen LogP contribution in [0.4, 0.5) is 5.82 Å². The van der Waals surface area contributed by atoms with Gasteiger partial charge in [-0.2, -0.15) is 0 Å². The van der Waals surface area contributed by atoms with E-state index in [0.717, 1.165) is 60.1 Å². The van der Waals surface area contributed by atoms with Crippen LogP contribution in [0, 0.1) is 0 Å². The van der Waals surface area contributed by atoms with Crippen molar-refractivity contribution in [1.29, 1.82) is 0 Å². The molecule has 2 aromatic heterocycles. The molecule has 138 valence electrons. The minimum Gasteiger partial charge on any atom is -0.392 e. The molecule has 0 spiro atoms. The van der Waals surface area contributed by atoms with E-state index >= 15 is 0 Å². The molecule has 1 aliphatic heterocycles. The Morgan fingerprint density at radius 1 is 0.926 bits per heavy atom. The molecule has 3 aromatic rings. The summed E-state index contributed by atoms with van der Waals surface area (Å²) < 4.78 is 0. The second kappa shape index (κ2) is 7.82. The molecular weight excluding hydrogens is 338 g/mol. The van der Waals surface area contributed by atoms with Crippen LogP contribution in [-0.4, -0.2) is 58.2 Å². The quantitative estimate of drug-likeness (QED) is 0.770. The maximum Gasteiger partial charge on any atom is 0.128 e. The first-order valence-corrected chi connectivity index (χ1v) is 9.15. The normalized spacial score (nSPS) is 15.1. The topological polar surface area (TPSA) is 65.4 Å². The number of pyridine rings is 1. The number of likely N-dealkylation sites (N-methyl/N-ethyl adjacent to an activating group) is 1. The van der Waals surface area contributed by atoms with Crippen molar-refractivity contribution >= 4 is 5.82 Å². The van der Waals surface area contributed by atoms with Crippen LogP contribution in [0.1, 0.15) is 5.56 Å². The van der Waals surface area contributed by atoms with E-state index in [1.54, 1.807) is 12.4 Å². The molecule has 1 N–H and O–H groups in total. The zero-order chi connectivity index (χ0) is 18.6. The van der Waals surface area contributed by atoms with Crippen molar-refractivity contribution in [3.63, 3.8) is 0 Å². The van der Waals surface area contributed by atoms with Gasteiger partial charge in [0, 0.05) is 43.5 Å². The van der Waals surface area contributed by atoms with Crippen molar-refractivity contribution in [2.75, 3.05) is 38.1 Å². The molecule has 0 unspecified atom stereocenters. The third kappa shape index (κ3) is 3.97. The number of aliphatic hydroxyl groups excluding tert-OH is 1. The Labute approximate surface area is 159 Å². The Balaban J connectivity index is 1.56. The molecule has 3 heterocycles. The van der Waals surface area contributed by atoms with Gasteiger partial charge in [-0.15, -0.1) is 0 Å². The van der Waals surface area contributed by atoms with Crippen molar-refractivity contribution in [2.24, 2.45) is 0 Å². The van der Waals surface area contributed by atoms with E-state index in [1.807, 2.05) is 30.5 Å². The van der Waals surface area contributed by atoms with E-state index in [9.17, 15) is 5.11 Å². The monoisotopic (exact) mass is 361 g/mol. The minimum absolute atomic E-state index is 0.0125. The van der Waals surface area contributed by atoms with Gasteiger partial charge in [-0.05, 0) is 30.8 Å². The molecule has 0 bridgehead atoms. The average Bonchev–Trinajstić information content (AvgIpc) is 2.74. The molecule has 0 aliphatic carbocycles. The predicted molar refractivity (Wildman–Crippen MR) is 106 cm³/mol. The van der Waals surface area contributed by atoms with Crippen LogP contribution in [0.5, 0.6) is 0 Å². The largest absolute Gasteiger partial charge is 0.392 e. The lowest BCUT2D eigenvalue weighted by Gasteiger charge is -2.33. The summed E-state index contributed by atoms with van der Waals surface area (Å²) in [6.07, 6.45) is 5.36. The summed E-state index contributed by atoms with van der Waals surface area (Å²) in [6, 6.07) is 11.8. The molecule has 1 saturated heterocycles. The van der Waals surface area contributed by atoms with Crippen LogP contribution in [0.2, 0.25) is 0 Å². The Kier molecular flexibility index (Phi) is 5.09. The van der Waals surface area contributed by atoms with Gasteiger partial charge in [0.1, 0.15) is 5.82 Å². The summed E-state index contributed by atoms with van der Waals surface area (Å²) in [5, 5.41) is 9.34. The van der Waals surface area contributed by atoms with Crippen LogP contribution < -0.4 is 4.90 Å². The summed E-state index contributed by atoms with van der Waals surface area (Å²) in [5.74, 6) is 1.01. The second-order valence-corrected chi connectivity index (χ2v) is 6.84. The fourth-order valence-electron chi connectivity index (χ4n) is 3.23. The molecule has 0 atom stereocenters. The highest BCUT2D eigenvalue weighted by Crippen LogP contribution is 2.23. The first kappa shape index (κ1) is 17.6. The molecule has 4 rings (SSSR count). The summed E-state index contributed by atoms with van der Waals surface area (Å²) in [5.41, 5.74) is 4.32. The van der Waals surface area contributed by atoms with Gasteiger partial charge in [-0.25, -0.2) is 9.97 Å². The summed E-state index contributed by atoms with van der Waals surface area (Å²) in [7, 11) is 2.15. The molecular formula is C21H23N5O. The van der Waals surface area contributed by atoms with E-state index in [0.29, 0.717) is 0 Å². The maximum absolute atomic E-state index is 9.34. The fourth-order valence-corrected chi connectivity index (χ4v) is 3.23. The van der Waals surface area contributed by atoms with Crippen molar-refractivity contribution in [1.82, 2.24) is 19.9 Å². The lowest BCUT2D eigenvalue weighted by atomic mass is 10.1. The number of aliphatic hydroxyl groups is 1. The molecule has 27 heavy (non-hydrogen) atoms. The molecule has 0 amide bonds. The second-order valence-electron chi connectivity index (χ2n) is 6.84. The van der Waals surface area contributed by atoms with Gasteiger partial charge >= 0.3 is 0 Å². The third-order valence-electron chi connectivity index (χ3n) is 4.91. The Bertz CT molecular complexity index is 904. The molecule has 1 aromatic carbocycles. The Hall–Kier alpha value is -2.83. The molecule has 0 saturated carbocycles. The lowest BCUT2D eigenvalue weighted by Crippen LogP contribution is -2.44. The van der Waals surface area contributed by atoms with E-state index in [2.05, 4.69) is 38.9 Å². The van der Waals surface area contributed by atoms with Crippen LogP contribution in [0.25, 0.3) is 22.5 Å². The number of piperazine rings is 1. The van der Waals surface area contributed by atoms with Gasteiger partial charge < -0.3 is 14.9 Å². The maximum atomic E-state index is 9.34. The standard InChI is InChI=1S/C21H23N5O/c1-25-7-9-26(10-8-25)21-6-5-18(12-23-21)20-14-22-13-19(24-20)17-4-2-3-16(11-17)15-27/h2-6,11-14,27H,7-10,15H2,1H3. The van der Waals surface area contributed by atoms with Gasteiger partial charge in [0.25, 0.3) is 0 Å². The molecule has 0 radical (unpaired) electrons. The third-order valence-corrected chi connectivity index (χ3v) is 4.91. The lowest BCUT2D eigenvalue weighted by molar-refractivity contribution is 0.282. The number of anilines is 1. The van der Waals surface area contributed by atoms with Crippen LogP contribution >= 0.6 is 0 Å². The smallest absolute Gasteiger partial charge is 0.128 e. The van der Waals surface area contributed by atoms with Gasteiger partial charge in [0.2, 0.25) is 0 Å². The van der Waals surface area contributed by atoms with Gasteiger partial charge in [-0.3, -0.25) is 4.98 Å². The highest BCUT2D eigenvalue weighted by molar-refractivity contribution is 5.65. The molecule has 6 heteroatoms. The van der Waals surface area contributed by atoms with Crippen molar-refractivity contribution in [3.05, 3.63) is 60.6 Å². The Morgan fingerprint density at radius 3 is 2.41 bits per heavy atom. The van der Waals surface area contributed by atoms with E-state index < -0.39 is 0 Å². The van der Waals surface area contributed by atoms with Crippen LogP contribution in [0.15, 0.2) is 55.0 Å². The van der Waals surface area contributed by atoms with Gasteiger partial charge in [0.05, 0.1) is 30.4 Å². The highest BCUT2D eigenvalue weighted by atomic mass is 16.3. The van der Waals surface area contributed by atoms with E-state index in [1.165, 1.54) is 0 Å². The van der Waals surface area contributed by atoms with Gasteiger partial charge in [0.15, 0.2) is 0 Å². The number of aromatic nitrogens is 3. The van der Waals surface area contributed by atoms with Crippen molar-refractivity contribution in [2.45, 2.75) is 6.61 Å². The summed E-state index contributed by atoms with van der Waals surface area (Å²) in [4.78, 5) is 18.4. The number of hydrogen-bond donors (Lipinski definition) is 1. The number of rotatable bonds is 4. The Morgan fingerprint density at radius 2 is 1.70 bits per heavy atom. The van der Waals surface area contributed by atoms with Crippen LogP contribution in [0.3, 0.4) is 0 Å². The zero-order valence-corrected chi connectivity index (χ0v) is 15.4. The highest BCUT2D eigenvalue weighted by Gasteiger charge is 2.15. The SMILES string of the molecule is CN1CCN(c2ccc(-c3cncc(-c4cccc(CO)c4)n3)cn2)CC1. The van der Waals surface area contributed by atoms with Crippen molar-refractivity contribution in [3.8, 4) is 22.5 Å². The predicted octanol–water partition coefficient (Wildman–Crippen LogP) is 2.45. The number of nitrogens with zero attached hydrogens (tertiary/aromatic N) is 5. The fraction of sp³-hybridized carbons (Fsp3) is 0.286. The average molecular weight is 361 g/mol. The number of benzene rings is 1. The minimum atomic E-state index is 0.0125. The zero-order valence-electron chi connectivity index (χ0n) is 15.4. The summed E-state index contributed by atoms with van der Waals surface area (Å²) >= 11 is 0. The first-order valence-electron chi connectivity index (χ1n) is 9.15. The summed E-state index contributed by atoms with van der Waals surface area (Å²) in [6.45, 7) is 4.13. The first-order chi connectivity index (χ1) is 13.2. The molecule has 1 fully saturated rings. The van der Waals surface area contributed by atoms with E-state index in [4.69, 9.17) is 4.98 Å². The van der Waals surface area contributed by atoms with Crippen LogP contribution in [-0.2, 0) is 6.61 Å². The van der Waals surface area contributed by atoms with E-state index in [-0.39, 0.29) is 6.61 Å². The molecule has 6 nitrogen and oxygen atoms in total. The number of hydrogen-bond acceptors (Lipinski definition) is 6. The molecule has 1 aliphatic rings. The van der Waals surface area contributed by atoms with Gasteiger partial charge in [-0.1, -0.05) is 18.2 Å². The van der Waals surface area contributed by atoms with Crippen molar-refractivity contribution < 1.29 is 5.11 Å².